The number of nitrogens with zero attached hydrogens (tertiary/aromatic N) is 2. The van der Waals surface area contributed by atoms with Crippen molar-refractivity contribution in [1.29, 1.82) is 0 Å². The molecule has 0 unspecified atom stereocenters. The molecule has 2 nitrogen and oxygen atoms in total. The van der Waals surface area contributed by atoms with E-state index in [0.717, 1.165) is 12.3 Å². The zero-order valence-corrected chi connectivity index (χ0v) is 8.32. The second-order valence-corrected chi connectivity index (χ2v) is 3.33. The lowest BCUT2D eigenvalue weighted by Crippen LogP contribution is -2.13. The Morgan fingerprint density at radius 3 is 2.29 bits per heavy atom. The lowest BCUT2D eigenvalue weighted by atomic mass is 10.3. The predicted octanol–water partition coefficient (Wildman–Crippen LogP) is 2.82. The van der Waals surface area contributed by atoms with Crippen LogP contribution in [0.2, 0.25) is 5.02 Å². The molecule has 0 radical (unpaired) electrons. The molecule has 1 aromatic heterocycles. The van der Waals surface area contributed by atoms with Crippen LogP contribution in [-0.2, 0) is 6.18 Å². The van der Waals surface area contributed by atoms with Gasteiger partial charge in [0.1, 0.15) is 5.82 Å². The van der Waals surface area contributed by atoms with E-state index < -0.39 is 11.7 Å². The van der Waals surface area contributed by atoms with Gasteiger partial charge in [-0.2, -0.15) is 13.2 Å². The first-order valence-corrected chi connectivity index (χ1v) is 4.10. The summed E-state index contributed by atoms with van der Waals surface area (Å²) in [6.45, 7) is 0. The average molecular weight is 225 g/mol. The van der Waals surface area contributed by atoms with E-state index in [1.807, 2.05) is 0 Å². The van der Waals surface area contributed by atoms with E-state index >= 15 is 0 Å². The smallest absolute Gasteiger partial charge is 0.362 e. The van der Waals surface area contributed by atoms with Crippen LogP contribution in [0.4, 0.5) is 19.0 Å². The topological polar surface area (TPSA) is 16.1 Å². The van der Waals surface area contributed by atoms with E-state index in [4.69, 9.17) is 11.6 Å². The highest BCUT2D eigenvalue weighted by Gasteiger charge is 2.31. The van der Waals surface area contributed by atoms with Gasteiger partial charge in [0.2, 0.25) is 0 Å². The Morgan fingerprint density at radius 1 is 1.36 bits per heavy atom. The Labute approximate surface area is 84.3 Å². The molecular formula is C8H8ClF3N2. The summed E-state index contributed by atoms with van der Waals surface area (Å²) in [6, 6.07) is 0.865. The van der Waals surface area contributed by atoms with Crippen molar-refractivity contribution in [3.63, 3.8) is 0 Å². The van der Waals surface area contributed by atoms with Crippen LogP contribution in [0.3, 0.4) is 0 Å². The number of rotatable bonds is 1. The molecule has 0 amide bonds. The third-order valence-electron chi connectivity index (χ3n) is 1.57. The fourth-order valence-corrected chi connectivity index (χ4v) is 1.25. The number of pyridine rings is 1. The highest BCUT2D eigenvalue weighted by Crippen LogP contribution is 2.32. The second kappa shape index (κ2) is 3.65. The Balaban J connectivity index is 3.13. The minimum absolute atomic E-state index is 0.00942. The van der Waals surface area contributed by atoms with Crippen molar-refractivity contribution < 1.29 is 13.2 Å². The maximum Gasteiger partial charge on any atom is 0.417 e. The molecule has 78 valence electrons. The van der Waals surface area contributed by atoms with Gasteiger partial charge in [-0.15, -0.1) is 0 Å². The number of alkyl halides is 3. The number of halogens is 4. The SMILES string of the molecule is CN(C)c1ncc(C(F)(F)F)cc1Cl. The number of hydrogen-bond donors (Lipinski definition) is 0. The quantitative estimate of drug-likeness (QED) is 0.729. The number of aromatic nitrogens is 1. The van der Waals surface area contributed by atoms with Crippen molar-refractivity contribution in [3.05, 3.63) is 22.8 Å². The highest BCUT2D eigenvalue weighted by atomic mass is 35.5. The zero-order chi connectivity index (χ0) is 10.9. The largest absolute Gasteiger partial charge is 0.417 e. The van der Waals surface area contributed by atoms with E-state index in [2.05, 4.69) is 4.98 Å². The standard InChI is InChI=1S/C8H8ClF3N2/c1-14(2)7-6(9)3-5(4-13-7)8(10,11)12/h3-4H,1-2H3. The van der Waals surface area contributed by atoms with Gasteiger partial charge in [0, 0.05) is 20.3 Å². The molecule has 0 saturated heterocycles. The van der Waals surface area contributed by atoms with Crippen LogP contribution in [-0.4, -0.2) is 19.1 Å². The molecule has 6 heteroatoms. The Kier molecular flexibility index (Phi) is 2.89. The van der Waals surface area contributed by atoms with E-state index in [1.54, 1.807) is 19.0 Å². The van der Waals surface area contributed by atoms with Crippen LogP contribution in [0.1, 0.15) is 5.56 Å². The third kappa shape index (κ3) is 2.29. The van der Waals surface area contributed by atoms with Gasteiger partial charge < -0.3 is 4.90 Å². The summed E-state index contributed by atoms with van der Waals surface area (Å²) in [5, 5.41) is -0.00942. The van der Waals surface area contributed by atoms with Crippen LogP contribution < -0.4 is 4.90 Å². The molecule has 1 heterocycles. The number of anilines is 1. The summed E-state index contributed by atoms with van der Waals surface area (Å²) in [6.07, 6.45) is -3.64. The molecule has 0 spiro atoms. The lowest BCUT2D eigenvalue weighted by molar-refractivity contribution is -0.137. The van der Waals surface area contributed by atoms with Crippen molar-refractivity contribution >= 4 is 17.4 Å². The monoisotopic (exact) mass is 224 g/mol. The van der Waals surface area contributed by atoms with Crippen LogP contribution in [0.15, 0.2) is 12.3 Å². The molecule has 0 saturated carbocycles. The van der Waals surface area contributed by atoms with Crippen LogP contribution in [0.25, 0.3) is 0 Å². The van der Waals surface area contributed by atoms with Crippen LogP contribution >= 0.6 is 11.6 Å². The molecule has 0 aliphatic carbocycles. The van der Waals surface area contributed by atoms with Crippen molar-refractivity contribution in [2.75, 3.05) is 19.0 Å². The fraction of sp³-hybridized carbons (Fsp3) is 0.375. The molecule has 0 aliphatic heterocycles. The van der Waals surface area contributed by atoms with E-state index in [0.29, 0.717) is 5.82 Å². The molecule has 0 aromatic carbocycles. The van der Waals surface area contributed by atoms with Gasteiger partial charge in [0.25, 0.3) is 0 Å². The Bertz CT molecular complexity index is 336. The first-order chi connectivity index (χ1) is 6.32. The van der Waals surface area contributed by atoms with Gasteiger partial charge in [-0.1, -0.05) is 11.6 Å². The fourth-order valence-electron chi connectivity index (χ4n) is 0.915. The van der Waals surface area contributed by atoms with Crippen molar-refractivity contribution in [3.8, 4) is 0 Å². The van der Waals surface area contributed by atoms with Gasteiger partial charge in [0.05, 0.1) is 10.6 Å². The summed E-state index contributed by atoms with van der Waals surface area (Å²) < 4.78 is 36.6. The average Bonchev–Trinajstić information content (AvgIpc) is 2.01. The van der Waals surface area contributed by atoms with Gasteiger partial charge in [-0.25, -0.2) is 4.98 Å². The summed E-state index contributed by atoms with van der Waals surface area (Å²) in [5.41, 5.74) is -0.840. The Hall–Kier alpha value is -0.970. The van der Waals surface area contributed by atoms with Gasteiger partial charge in [-0.3, -0.25) is 0 Å². The van der Waals surface area contributed by atoms with E-state index in [1.165, 1.54) is 0 Å². The summed E-state index contributed by atoms with van der Waals surface area (Å²) in [4.78, 5) is 5.16. The third-order valence-corrected chi connectivity index (χ3v) is 1.85. The second-order valence-electron chi connectivity index (χ2n) is 2.92. The van der Waals surface area contributed by atoms with Crippen LogP contribution in [0, 0.1) is 0 Å². The molecule has 1 rings (SSSR count). The normalized spacial score (nSPS) is 11.6. The molecule has 1 aromatic rings. The molecule has 0 N–H and O–H groups in total. The van der Waals surface area contributed by atoms with Gasteiger partial charge in [0.15, 0.2) is 0 Å². The molecule has 0 fully saturated rings. The first-order valence-electron chi connectivity index (χ1n) is 3.72. The van der Waals surface area contributed by atoms with E-state index in [-0.39, 0.29) is 5.02 Å². The van der Waals surface area contributed by atoms with Crippen molar-refractivity contribution in [1.82, 2.24) is 4.98 Å². The van der Waals surface area contributed by atoms with Gasteiger partial charge >= 0.3 is 6.18 Å². The highest BCUT2D eigenvalue weighted by molar-refractivity contribution is 6.33. The first kappa shape index (κ1) is 11.1. The van der Waals surface area contributed by atoms with Gasteiger partial charge in [-0.05, 0) is 6.07 Å². The molecule has 0 bridgehead atoms. The maximum atomic E-state index is 12.2. The number of hydrogen-bond acceptors (Lipinski definition) is 2. The Morgan fingerprint density at radius 2 is 1.93 bits per heavy atom. The van der Waals surface area contributed by atoms with E-state index in [9.17, 15) is 13.2 Å². The van der Waals surface area contributed by atoms with Crippen molar-refractivity contribution in [2.24, 2.45) is 0 Å². The predicted molar refractivity (Wildman–Crippen MR) is 48.6 cm³/mol. The molecular weight excluding hydrogens is 217 g/mol. The molecule has 14 heavy (non-hydrogen) atoms. The minimum atomic E-state index is -4.40. The summed E-state index contributed by atoms with van der Waals surface area (Å²) >= 11 is 5.63. The minimum Gasteiger partial charge on any atom is -0.362 e. The molecule has 0 atom stereocenters. The van der Waals surface area contributed by atoms with Crippen LogP contribution in [0.5, 0.6) is 0 Å². The zero-order valence-electron chi connectivity index (χ0n) is 7.56. The summed E-state index contributed by atoms with van der Waals surface area (Å²) in [7, 11) is 3.31. The summed E-state index contributed by atoms with van der Waals surface area (Å²) in [5.74, 6) is 0.319. The lowest BCUT2D eigenvalue weighted by Gasteiger charge is -2.14. The molecule has 0 aliphatic rings. The van der Waals surface area contributed by atoms with Crippen molar-refractivity contribution in [2.45, 2.75) is 6.18 Å². The maximum absolute atomic E-state index is 12.2.